The van der Waals surface area contributed by atoms with Gasteiger partial charge in [0.15, 0.2) is 6.29 Å². The van der Waals surface area contributed by atoms with E-state index in [4.69, 9.17) is 56.8 Å². The topological polar surface area (TPSA) is 140 Å². The summed E-state index contributed by atoms with van der Waals surface area (Å²) < 4.78 is 65.4. The molecule has 14 heteroatoms. The fraction of sp³-hybridized carbons (Fsp3) is 0.967. The minimum absolute atomic E-state index is 0.0684. The molecule has 262 valence electrons. The van der Waals surface area contributed by atoms with Gasteiger partial charge in [0, 0.05) is 13.2 Å². The van der Waals surface area contributed by atoms with Gasteiger partial charge in [-0.3, -0.25) is 0 Å². The Labute approximate surface area is 263 Å². The van der Waals surface area contributed by atoms with E-state index in [1.165, 1.54) is 0 Å². The van der Waals surface area contributed by atoms with Gasteiger partial charge in [-0.1, -0.05) is 0 Å². The van der Waals surface area contributed by atoms with Gasteiger partial charge in [0.1, 0.15) is 5.60 Å². The van der Waals surface area contributed by atoms with Gasteiger partial charge < -0.3 is 62.2 Å². The summed E-state index contributed by atoms with van der Waals surface area (Å²) in [7, 11) is 0. The van der Waals surface area contributed by atoms with E-state index in [-0.39, 0.29) is 6.29 Å². The Kier molecular flexibility index (Phi) is 28.3. The second-order valence-corrected chi connectivity index (χ2v) is 10.6. The van der Waals surface area contributed by atoms with E-state index in [1.54, 1.807) is 0 Å². The first-order chi connectivity index (χ1) is 21.5. The zero-order valence-electron chi connectivity index (χ0n) is 27.4. The Hall–Kier alpha value is -1.17. The zero-order valence-corrected chi connectivity index (χ0v) is 27.4. The van der Waals surface area contributed by atoms with Crippen LogP contribution in [-0.4, -0.2) is 157 Å². The summed E-state index contributed by atoms with van der Waals surface area (Å²) in [5, 5.41) is 2.63. The lowest BCUT2D eigenvalue weighted by molar-refractivity contribution is -0.169. The van der Waals surface area contributed by atoms with Crippen LogP contribution in [0, 0.1) is 0 Å². The van der Waals surface area contributed by atoms with Gasteiger partial charge in [-0.05, 0) is 40.0 Å². The van der Waals surface area contributed by atoms with Crippen LogP contribution in [0.2, 0.25) is 0 Å². The third kappa shape index (κ3) is 30.8. The first kappa shape index (κ1) is 40.9. The maximum atomic E-state index is 11.5. The smallest absolute Gasteiger partial charge is 0.407 e. The highest BCUT2D eigenvalue weighted by atomic mass is 16.7. The molecular weight excluding hydrogens is 582 g/mol. The second kappa shape index (κ2) is 30.5. The van der Waals surface area contributed by atoms with E-state index in [1.807, 2.05) is 20.8 Å². The lowest BCUT2D eigenvalue weighted by atomic mass is 10.2. The van der Waals surface area contributed by atoms with Crippen molar-refractivity contribution in [2.24, 2.45) is 0 Å². The van der Waals surface area contributed by atoms with Crippen molar-refractivity contribution in [1.29, 1.82) is 0 Å². The van der Waals surface area contributed by atoms with E-state index < -0.39 is 11.7 Å². The van der Waals surface area contributed by atoms with Gasteiger partial charge in [0.05, 0.1) is 126 Å². The number of alkyl carbamates (subject to hydrolysis) is 1. The number of carbonyl (C=O) groups is 1. The van der Waals surface area contributed by atoms with Crippen molar-refractivity contribution in [3.63, 3.8) is 0 Å². The Bertz CT molecular complexity index is 618. The van der Waals surface area contributed by atoms with Gasteiger partial charge in [-0.15, -0.1) is 0 Å². The molecule has 0 saturated carbocycles. The van der Waals surface area contributed by atoms with Crippen molar-refractivity contribution in [2.75, 3.05) is 139 Å². The van der Waals surface area contributed by atoms with E-state index in [0.29, 0.717) is 132 Å². The molecule has 0 bridgehead atoms. The molecule has 1 aliphatic heterocycles. The van der Waals surface area contributed by atoms with Crippen molar-refractivity contribution >= 4 is 6.09 Å². The highest BCUT2D eigenvalue weighted by Crippen LogP contribution is 2.13. The highest BCUT2D eigenvalue weighted by molar-refractivity contribution is 5.67. The molecule has 0 aromatic carbocycles. The van der Waals surface area contributed by atoms with E-state index in [0.717, 1.165) is 25.9 Å². The number of ether oxygens (including phenoxy) is 12. The quantitative estimate of drug-likeness (QED) is 0.111. The fourth-order valence-electron chi connectivity index (χ4n) is 3.48. The van der Waals surface area contributed by atoms with Crippen LogP contribution in [0.3, 0.4) is 0 Å². The molecule has 44 heavy (non-hydrogen) atoms. The van der Waals surface area contributed by atoms with Gasteiger partial charge in [0.25, 0.3) is 0 Å². The van der Waals surface area contributed by atoms with Crippen molar-refractivity contribution in [1.82, 2.24) is 5.32 Å². The SMILES string of the molecule is CC(C)(C)OC(=O)NCCOCCOCCOCCOCCOCCOCCOCCOCCOCCOC1CCCCO1. The van der Waals surface area contributed by atoms with Crippen LogP contribution in [0.25, 0.3) is 0 Å². The average molecular weight is 642 g/mol. The summed E-state index contributed by atoms with van der Waals surface area (Å²) in [4.78, 5) is 11.5. The predicted octanol–water partition coefficient (Wildman–Crippen LogP) is 2.20. The molecule has 0 aromatic rings. The maximum absolute atomic E-state index is 11.5. The van der Waals surface area contributed by atoms with Crippen LogP contribution in [0.15, 0.2) is 0 Å². The number of amides is 1. The number of hydrogen-bond donors (Lipinski definition) is 1. The van der Waals surface area contributed by atoms with Gasteiger partial charge >= 0.3 is 6.09 Å². The monoisotopic (exact) mass is 641 g/mol. The highest BCUT2D eigenvalue weighted by Gasteiger charge is 2.15. The summed E-state index contributed by atoms with van der Waals surface area (Å²) in [6.45, 7) is 16.1. The van der Waals surface area contributed by atoms with E-state index in [2.05, 4.69) is 5.32 Å². The Balaban J connectivity index is 1.63. The van der Waals surface area contributed by atoms with Crippen LogP contribution in [0.5, 0.6) is 0 Å². The first-order valence-corrected chi connectivity index (χ1v) is 15.9. The van der Waals surface area contributed by atoms with Crippen molar-refractivity contribution in [3.8, 4) is 0 Å². The molecule has 1 aliphatic rings. The molecule has 1 unspecified atom stereocenters. The largest absolute Gasteiger partial charge is 0.444 e. The summed E-state index contributed by atoms with van der Waals surface area (Å²) >= 11 is 0. The second-order valence-electron chi connectivity index (χ2n) is 10.6. The van der Waals surface area contributed by atoms with Crippen LogP contribution >= 0.6 is 0 Å². The van der Waals surface area contributed by atoms with Gasteiger partial charge in [-0.2, -0.15) is 0 Å². The molecule has 1 fully saturated rings. The third-order valence-electron chi connectivity index (χ3n) is 5.56. The van der Waals surface area contributed by atoms with Gasteiger partial charge in [-0.25, -0.2) is 4.79 Å². The molecule has 0 aliphatic carbocycles. The van der Waals surface area contributed by atoms with Crippen LogP contribution in [-0.2, 0) is 56.8 Å². The summed E-state index contributed by atoms with van der Waals surface area (Å²) in [5.74, 6) is 0. The maximum Gasteiger partial charge on any atom is 0.407 e. The van der Waals surface area contributed by atoms with Crippen LogP contribution in [0.4, 0.5) is 4.79 Å². The number of nitrogens with one attached hydrogen (secondary N) is 1. The number of carbonyl (C=O) groups excluding carboxylic acids is 1. The molecule has 1 amide bonds. The molecule has 1 saturated heterocycles. The fourth-order valence-corrected chi connectivity index (χ4v) is 3.48. The molecule has 0 spiro atoms. The lowest BCUT2D eigenvalue weighted by Crippen LogP contribution is -2.34. The molecule has 1 atom stereocenters. The number of hydrogen-bond acceptors (Lipinski definition) is 13. The van der Waals surface area contributed by atoms with Crippen molar-refractivity contribution < 1.29 is 61.6 Å². The standard InChI is InChI=1S/C30H59NO13/c1-30(2,3)44-29(32)31-7-9-33-10-11-34-12-13-35-14-15-36-16-17-37-18-19-38-20-21-39-22-23-40-24-25-41-26-27-43-28-6-4-5-8-42-28/h28H,4-27H2,1-3H3,(H,31,32). The normalized spacial score (nSPS) is 15.5. The summed E-state index contributed by atoms with van der Waals surface area (Å²) in [5.41, 5.74) is -0.509. The van der Waals surface area contributed by atoms with Gasteiger partial charge in [0.2, 0.25) is 0 Å². The minimum atomic E-state index is -0.509. The molecule has 0 aromatic heterocycles. The van der Waals surface area contributed by atoms with Crippen molar-refractivity contribution in [2.45, 2.75) is 51.9 Å². The lowest BCUT2D eigenvalue weighted by Gasteiger charge is -2.22. The summed E-state index contributed by atoms with van der Waals surface area (Å²) in [6.07, 6.45) is 2.73. The molecule has 1 rings (SSSR count). The molecule has 1 heterocycles. The van der Waals surface area contributed by atoms with Crippen LogP contribution in [0.1, 0.15) is 40.0 Å². The Morgan fingerprint density at radius 2 is 0.932 bits per heavy atom. The third-order valence-corrected chi connectivity index (χ3v) is 5.56. The molecule has 14 nitrogen and oxygen atoms in total. The molecular formula is C30H59NO13. The van der Waals surface area contributed by atoms with E-state index in [9.17, 15) is 4.79 Å². The predicted molar refractivity (Wildman–Crippen MR) is 161 cm³/mol. The average Bonchev–Trinajstić information content (AvgIpc) is 2.99. The van der Waals surface area contributed by atoms with E-state index >= 15 is 0 Å². The Morgan fingerprint density at radius 3 is 1.27 bits per heavy atom. The van der Waals surface area contributed by atoms with Crippen molar-refractivity contribution in [3.05, 3.63) is 0 Å². The van der Waals surface area contributed by atoms with Crippen LogP contribution < -0.4 is 5.32 Å². The number of rotatable bonds is 31. The molecule has 0 radical (unpaired) electrons. The Morgan fingerprint density at radius 1 is 0.568 bits per heavy atom. The zero-order chi connectivity index (χ0) is 31.8. The summed E-state index contributed by atoms with van der Waals surface area (Å²) in [6, 6.07) is 0. The first-order valence-electron chi connectivity index (χ1n) is 15.9. The minimum Gasteiger partial charge on any atom is -0.444 e. The molecule has 1 N–H and O–H groups in total.